The van der Waals surface area contributed by atoms with Gasteiger partial charge in [-0.2, -0.15) is 13.2 Å². The Morgan fingerprint density at radius 1 is 1.00 bits per heavy atom. The number of ketones is 1. The summed E-state index contributed by atoms with van der Waals surface area (Å²) in [6.45, 7) is 2.12. The van der Waals surface area contributed by atoms with Gasteiger partial charge < -0.3 is 10.4 Å². The van der Waals surface area contributed by atoms with Gasteiger partial charge in [0.15, 0.2) is 5.78 Å². The molecule has 0 saturated heterocycles. The number of unbranched alkanes of at least 4 members (excludes halogenated alkanes) is 4. The van der Waals surface area contributed by atoms with E-state index >= 15 is 0 Å². The second-order valence-electron chi connectivity index (χ2n) is 6.82. The number of para-hydroxylation sites is 1. The van der Waals surface area contributed by atoms with Crippen LogP contribution < -0.4 is 5.32 Å². The van der Waals surface area contributed by atoms with Crippen LogP contribution in [-0.2, 0) is 6.18 Å². The zero-order chi connectivity index (χ0) is 21.4. The van der Waals surface area contributed by atoms with Gasteiger partial charge in [-0.25, -0.2) is 0 Å². The molecule has 0 aliphatic rings. The molecule has 0 heterocycles. The van der Waals surface area contributed by atoms with Crippen molar-refractivity contribution >= 4 is 17.4 Å². The number of aromatic hydroxyl groups is 1. The maximum absolute atomic E-state index is 12.9. The number of halogens is 3. The van der Waals surface area contributed by atoms with E-state index in [2.05, 4.69) is 12.2 Å². The van der Waals surface area contributed by atoms with E-state index in [9.17, 15) is 27.9 Å². The number of hydrogen-bond acceptors (Lipinski definition) is 3. The van der Waals surface area contributed by atoms with E-state index in [1.807, 2.05) is 0 Å². The topological polar surface area (TPSA) is 66.4 Å². The molecule has 0 fully saturated rings. The first-order valence-corrected chi connectivity index (χ1v) is 9.57. The third kappa shape index (κ3) is 6.34. The van der Waals surface area contributed by atoms with Crippen molar-refractivity contribution in [2.45, 2.75) is 51.6 Å². The number of phenols is 1. The highest BCUT2D eigenvalue weighted by molar-refractivity contribution is 6.07. The molecule has 0 atom stereocenters. The van der Waals surface area contributed by atoms with Crippen LogP contribution in [-0.4, -0.2) is 16.8 Å². The SMILES string of the molecule is CCCCCCCC(=O)c1cccc(NC(=O)c2cccc(C(F)(F)F)c2O)c1. The molecular weight excluding hydrogens is 383 g/mol. The molecule has 0 bridgehead atoms. The average molecular weight is 407 g/mol. The minimum absolute atomic E-state index is 0.0560. The number of carbonyl (C=O) groups is 2. The summed E-state index contributed by atoms with van der Waals surface area (Å²) >= 11 is 0. The first-order chi connectivity index (χ1) is 13.7. The van der Waals surface area contributed by atoms with Gasteiger partial charge in [-0.15, -0.1) is 0 Å². The van der Waals surface area contributed by atoms with Crippen molar-refractivity contribution in [1.29, 1.82) is 0 Å². The Labute approximate surface area is 167 Å². The van der Waals surface area contributed by atoms with Crippen LogP contribution in [0.5, 0.6) is 5.75 Å². The second kappa shape index (κ2) is 10.1. The summed E-state index contributed by atoms with van der Waals surface area (Å²) in [7, 11) is 0. The Kier molecular flexibility index (Phi) is 7.82. The molecule has 156 valence electrons. The largest absolute Gasteiger partial charge is 0.506 e. The Morgan fingerprint density at radius 2 is 1.69 bits per heavy atom. The quantitative estimate of drug-likeness (QED) is 0.384. The van der Waals surface area contributed by atoms with E-state index in [0.29, 0.717) is 18.1 Å². The Bertz CT molecular complexity index is 863. The van der Waals surface area contributed by atoms with Crippen molar-refractivity contribution in [3.8, 4) is 5.75 Å². The number of amides is 1. The number of hydrogen-bond donors (Lipinski definition) is 2. The maximum Gasteiger partial charge on any atom is 0.419 e. The average Bonchev–Trinajstić information content (AvgIpc) is 2.67. The van der Waals surface area contributed by atoms with Crippen LogP contribution in [0.25, 0.3) is 0 Å². The molecule has 0 aromatic heterocycles. The van der Waals surface area contributed by atoms with Crippen molar-refractivity contribution in [2.75, 3.05) is 5.32 Å². The van der Waals surface area contributed by atoms with E-state index in [4.69, 9.17) is 0 Å². The summed E-state index contributed by atoms with van der Waals surface area (Å²) in [6, 6.07) is 9.09. The fraction of sp³-hybridized carbons (Fsp3) is 0.364. The monoisotopic (exact) mass is 407 g/mol. The van der Waals surface area contributed by atoms with Crippen LogP contribution in [0.2, 0.25) is 0 Å². The molecule has 0 aliphatic heterocycles. The van der Waals surface area contributed by atoms with E-state index in [-0.39, 0.29) is 11.5 Å². The van der Waals surface area contributed by atoms with Gasteiger partial charge in [-0.05, 0) is 30.7 Å². The fourth-order valence-electron chi connectivity index (χ4n) is 2.96. The first-order valence-electron chi connectivity index (χ1n) is 9.57. The minimum atomic E-state index is -4.77. The van der Waals surface area contributed by atoms with Gasteiger partial charge in [-0.3, -0.25) is 9.59 Å². The lowest BCUT2D eigenvalue weighted by molar-refractivity contribution is -0.138. The molecule has 29 heavy (non-hydrogen) atoms. The summed E-state index contributed by atoms with van der Waals surface area (Å²) in [5.74, 6) is -2.07. The Hall–Kier alpha value is -2.83. The highest BCUT2D eigenvalue weighted by Crippen LogP contribution is 2.37. The molecule has 2 aromatic rings. The van der Waals surface area contributed by atoms with Crippen LogP contribution in [0.15, 0.2) is 42.5 Å². The number of phenolic OH excluding ortho intramolecular Hbond substituents is 1. The molecule has 0 saturated carbocycles. The molecule has 2 N–H and O–H groups in total. The van der Waals surface area contributed by atoms with Crippen molar-refractivity contribution in [1.82, 2.24) is 0 Å². The van der Waals surface area contributed by atoms with Gasteiger partial charge in [0.25, 0.3) is 5.91 Å². The standard InChI is InChI=1S/C22H24F3NO3/c1-2-3-4-5-6-13-19(27)15-9-7-10-16(14-15)26-21(29)17-11-8-12-18(20(17)28)22(23,24)25/h7-12,14,28H,2-6,13H2,1H3,(H,26,29). The van der Waals surface area contributed by atoms with Crippen molar-refractivity contribution in [3.05, 3.63) is 59.2 Å². The Morgan fingerprint density at radius 3 is 2.38 bits per heavy atom. The maximum atomic E-state index is 12.9. The van der Waals surface area contributed by atoms with E-state index < -0.39 is 29.0 Å². The third-order valence-electron chi connectivity index (χ3n) is 4.54. The Balaban J connectivity index is 2.07. The molecule has 0 radical (unpaired) electrons. The number of carbonyl (C=O) groups excluding carboxylic acids is 2. The zero-order valence-corrected chi connectivity index (χ0v) is 16.2. The lowest BCUT2D eigenvalue weighted by Gasteiger charge is -2.13. The molecule has 0 aliphatic carbocycles. The third-order valence-corrected chi connectivity index (χ3v) is 4.54. The summed E-state index contributed by atoms with van der Waals surface area (Å²) in [5, 5.41) is 12.3. The molecule has 4 nitrogen and oxygen atoms in total. The predicted octanol–water partition coefficient (Wildman–Crippen LogP) is 6.21. The van der Waals surface area contributed by atoms with Crippen LogP contribution in [0, 0.1) is 0 Å². The summed E-state index contributed by atoms with van der Waals surface area (Å²) in [6.07, 6.45) is 0.729. The predicted molar refractivity (Wildman–Crippen MR) is 105 cm³/mol. The highest BCUT2D eigenvalue weighted by Gasteiger charge is 2.35. The van der Waals surface area contributed by atoms with Crippen LogP contribution in [0.4, 0.5) is 18.9 Å². The van der Waals surface area contributed by atoms with Gasteiger partial charge in [0.1, 0.15) is 5.75 Å². The molecule has 2 aromatic carbocycles. The van der Waals surface area contributed by atoms with Gasteiger partial charge in [0, 0.05) is 17.7 Å². The summed E-state index contributed by atoms with van der Waals surface area (Å²) in [4.78, 5) is 24.7. The van der Waals surface area contributed by atoms with Crippen LogP contribution >= 0.6 is 0 Å². The smallest absolute Gasteiger partial charge is 0.419 e. The number of benzene rings is 2. The van der Waals surface area contributed by atoms with Gasteiger partial charge in [-0.1, -0.05) is 50.8 Å². The van der Waals surface area contributed by atoms with Gasteiger partial charge in [0.2, 0.25) is 0 Å². The number of alkyl halides is 3. The van der Waals surface area contributed by atoms with Crippen molar-refractivity contribution < 1.29 is 27.9 Å². The number of nitrogens with one attached hydrogen (secondary N) is 1. The number of rotatable bonds is 9. The fourth-order valence-corrected chi connectivity index (χ4v) is 2.96. The molecule has 2 rings (SSSR count). The highest BCUT2D eigenvalue weighted by atomic mass is 19.4. The lowest BCUT2D eigenvalue weighted by atomic mass is 10.0. The summed E-state index contributed by atoms with van der Waals surface area (Å²) in [5.41, 5.74) is -1.08. The van der Waals surface area contributed by atoms with Crippen molar-refractivity contribution in [3.63, 3.8) is 0 Å². The van der Waals surface area contributed by atoms with E-state index in [1.54, 1.807) is 12.1 Å². The molecule has 0 spiro atoms. The molecule has 0 unspecified atom stereocenters. The van der Waals surface area contributed by atoms with Gasteiger partial charge >= 0.3 is 6.18 Å². The van der Waals surface area contributed by atoms with Crippen LogP contribution in [0.1, 0.15) is 71.7 Å². The first kappa shape index (κ1) is 22.5. The normalized spacial score (nSPS) is 11.3. The van der Waals surface area contributed by atoms with Crippen LogP contribution in [0.3, 0.4) is 0 Å². The van der Waals surface area contributed by atoms with Gasteiger partial charge in [0.05, 0.1) is 11.1 Å². The lowest BCUT2D eigenvalue weighted by Crippen LogP contribution is -2.15. The number of anilines is 1. The van der Waals surface area contributed by atoms with E-state index in [1.165, 1.54) is 12.1 Å². The molecule has 7 heteroatoms. The minimum Gasteiger partial charge on any atom is -0.506 e. The summed E-state index contributed by atoms with van der Waals surface area (Å²) < 4.78 is 38.7. The van der Waals surface area contributed by atoms with E-state index in [0.717, 1.165) is 44.2 Å². The molecular formula is C22H24F3NO3. The molecule has 1 amide bonds. The zero-order valence-electron chi connectivity index (χ0n) is 16.2. The second-order valence-corrected chi connectivity index (χ2v) is 6.82. The van der Waals surface area contributed by atoms with Crippen molar-refractivity contribution in [2.24, 2.45) is 0 Å². The number of Topliss-reactive ketones (excluding diaryl/α,β-unsaturated/α-hetero) is 1.